The van der Waals surface area contributed by atoms with Crippen LogP contribution in [0.1, 0.15) is 40.0 Å². The van der Waals surface area contributed by atoms with E-state index in [9.17, 15) is 14.7 Å². The molecule has 0 saturated heterocycles. The predicted molar refractivity (Wildman–Crippen MR) is 64.4 cm³/mol. The van der Waals surface area contributed by atoms with Gasteiger partial charge in [0.1, 0.15) is 5.54 Å². The number of hydrogen-bond acceptors (Lipinski definition) is 3. The lowest BCUT2D eigenvalue weighted by Gasteiger charge is -2.32. The van der Waals surface area contributed by atoms with E-state index in [-0.39, 0.29) is 18.4 Å². The zero-order valence-electron chi connectivity index (χ0n) is 10.7. The van der Waals surface area contributed by atoms with Crippen LogP contribution in [0.3, 0.4) is 0 Å². The van der Waals surface area contributed by atoms with Gasteiger partial charge in [-0.25, -0.2) is 4.79 Å². The van der Waals surface area contributed by atoms with Gasteiger partial charge in [-0.15, -0.1) is 0 Å². The van der Waals surface area contributed by atoms with Crippen molar-refractivity contribution in [1.29, 1.82) is 0 Å². The largest absolute Gasteiger partial charge is 0.480 e. The Hall–Kier alpha value is -1.10. The summed E-state index contributed by atoms with van der Waals surface area (Å²) in [6.07, 6.45) is 2.30. The number of carboxylic acid groups (broad SMARTS) is 1. The van der Waals surface area contributed by atoms with Gasteiger partial charge >= 0.3 is 5.97 Å². The van der Waals surface area contributed by atoms with E-state index in [0.29, 0.717) is 6.42 Å². The first-order valence-electron chi connectivity index (χ1n) is 6.06. The molecule has 1 amide bonds. The molecule has 0 heterocycles. The first-order chi connectivity index (χ1) is 7.80. The average Bonchev–Trinajstić information content (AvgIpc) is 3.11. The molecule has 1 saturated carbocycles. The zero-order valence-corrected chi connectivity index (χ0v) is 10.7. The summed E-state index contributed by atoms with van der Waals surface area (Å²) in [6.45, 7) is 5.44. The molecule has 5 nitrogen and oxygen atoms in total. The Balaban J connectivity index is 2.81. The van der Waals surface area contributed by atoms with Crippen molar-refractivity contribution in [1.82, 2.24) is 5.32 Å². The van der Waals surface area contributed by atoms with Gasteiger partial charge in [-0.2, -0.15) is 0 Å². The van der Waals surface area contributed by atoms with Crippen molar-refractivity contribution in [2.75, 3.05) is 6.54 Å². The van der Waals surface area contributed by atoms with E-state index >= 15 is 0 Å². The average molecular weight is 242 g/mol. The van der Waals surface area contributed by atoms with Gasteiger partial charge in [0.15, 0.2) is 0 Å². The van der Waals surface area contributed by atoms with Crippen molar-refractivity contribution in [2.45, 2.75) is 45.6 Å². The van der Waals surface area contributed by atoms with Gasteiger partial charge in [0.2, 0.25) is 5.91 Å². The summed E-state index contributed by atoms with van der Waals surface area (Å²) in [5, 5.41) is 11.9. The third kappa shape index (κ3) is 2.60. The first kappa shape index (κ1) is 14.0. The highest BCUT2D eigenvalue weighted by atomic mass is 16.4. The second-order valence-corrected chi connectivity index (χ2v) is 5.35. The summed E-state index contributed by atoms with van der Waals surface area (Å²) < 4.78 is 0. The van der Waals surface area contributed by atoms with Crippen LogP contribution in [0.2, 0.25) is 0 Å². The van der Waals surface area contributed by atoms with Crippen LogP contribution in [0.4, 0.5) is 0 Å². The highest BCUT2D eigenvalue weighted by molar-refractivity contribution is 5.90. The molecule has 17 heavy (non-hydrogen) atoms. The van der Waals surface area contributed by atoms with Crippen LogP contribution >= 0.6 is 0 Å². The second kappa shape index (κ2) is 4.64. The van der Waals surface area contributed by atoms with Crippen LogP contribution in [0, 0.1) is 11.3 Å². The number of nitrogens with one attached hydrogen (secondary N) is 1. The zero-order chi connectivity index (χ0) is 13.3. The van der Waals surface area contributed by atoms with Crippen molar-refractivity contribution in [3.05, 3.63) is 0 Å². The maximum Gasteiger partial charge on any atom is 0.329 e. The van der Waals surface area contributed by atoms with Crippen LogP contribution in [-0.4, -0.2) is 29.1 Å². The smallest absolute Gasteiger partial charge is 0.329 e. The number of carboxylic acids is 1. The minimum atomic E-state index is -1.15. The number of aliphatic carboxylic acids is 1. The molecule has 1 aliphatic rings. The molecule has 2 atom stereocenters. The molecule has 1 aliphatic carbocycles. The van der Waals surface area contributed by atoms with Crippen LogP contribution in [0.15, 0.2) is 0 Å². The van der Waals surface area contributed by atoms with Gasteiger partial charge in [-0.1, -0.05) is 6.92 Å². The summed E-state index contributed by atoms with van der Waals surface area (Å²) in [4.78, 5) is 23.4. The van der Waals surface area contributed by atoms with Gasteiger partial charge in [0.05, 0.1) is 5.41 Å². The molecule has 0 aromatic rings. The van der Waals surface area contributed by atoms with Gasteiger partial charge in [-0.3, -0.25) is 4.79 Å². The number of amides is 1. The van der Waals surface area contributed by atoms with Gasteiger partial charge < -0.3 is 16.2 Å². The van der Waals surface area contributed by atoms with Gasteiger partial charge in [0.25, 0.3) is 0 Å². The molecule has 1 rings (SSSR count). The van der Waals surface area contributed by atoms with E-state index in [0.717, 1.165) is 12.8 Å². The Kier molecular flexibility index (Phi) is 3.81. The lowest BCUT2D eigenvalue weighted by Crippen LogP contribution is -2.58. The SMILES string of the molecule is CCC(C)(CN)C(=O)NC(C)(C(=O)O)C1CC1. The Morgan fingerprint density at radius 3 is 2.24 bits per heavy atom. The third-order valence-corrected chi connectivity index (χ3v) is 3.99. The Bertz CT molecular complexity index is 322. The number of carbonyl (C=O) groups is 2. The van der Waals surface area contributed by atoms with E-state index in [4.69, 9.17) is 5.73 Å². The molecule has 0 aliphatic heterocycles. The Morgan fingerprint density at radius 2 is 1.94 bits per heavy atom. The van der Waals surface area contributed by atoms with Crippen molar-refractivity contribution in [3.8, 4) is 0 Å². The molecular formula is C12H22N2O3. The molecule has 0 aromatic carbocycles. The molecule has 98 valence electrons. The van der Waals surface area contributed by atoms with Crippen molar-refractivity contribution < 1.29 is 14.7 Å². The predicted octanol–water partition coefficient (Wildman–Crippen LogP) is 0.731. The van der Waals surface area contributed by atoms with Gasteiger partial charge in [0, 0.05) is 6.54 Å². The van der Waals surface area contributed by atoms with Crippen LogP contribution in [0.25, 0.3) is 0 Å². The molecular weight excluding hydrogens is 220 g/mol. The molecule has 0 radical (unpaired) electrons. The molecule has 0 aromatic heterocycles. The van der Waals surface area contributed by atoms with Crippen LogP contribution in [-0.2, 0) is 9.59 Å². The molecule has 0 spiro atoms. The lowest BCUT2D eigenvalue weighted by atomic mass is 9.84. The van der Waals surface area contributed by atoms with E-state index in [2.05, 4.69) is 5.32 Å². The number of hydrogen-bond donors (Lipinski definition) is 3. The van der Waals surface area contributed by atoms with E-state index < -0.39 is 16.9 Å². The lowest BCUT2D eigenvalue weighted by molar-refractivity contribution is -0.149. The summed E-state index contributed by atoms with van der Waals surface area (Å²) in [7, 11) is 0. The Labute approximate surface area is 102 Å². The molecule has 5 heteroatoms. The fourth-order valence-corrected chi connectivity index (χ4v) is 1.78. The Morgan fingerprint density at radius 1 is 1.41 bits per heavy atom. The molecule has 4 N–H and O–H groups in total. The minimum Gasteiger partial charge on any atom is -0.480 e. The second-order valence-electron chi connectivity index (χ2n) is 5.35. The van der Waals surface area contributed by atoms with Crippen molar-refractivity contribution in [3.63, 3.8) is 0 Å². The van der Waals surface area contributed by atoms with E-state index in [1.54, 1.807) is 13.8 Å². The van der Waals surface area contributed by atoms with E-state index in [1.807, 2.05) is 6.92 Å². The molecule has 2 unspecified atom stereocenters. The number of nitrogens with two attached hydrogens (primary N) is 1. The summed E-state index contributed by atoms with van der Waals surface area (Å²) in [5.74, 6) is -1.19. The quantitative estimate of drug-likeness (QED) is 0.640. The highest BCUT2D eigenvalue weighted by Gasteiger charge is 2.50. The maximum atomic E-state index is 12.1. The fourth-order valence-electron chi connectivity index (χ4n) is 1.78. The number of rotatable bonds is 6. The van der Waals surface area contributed by atoms with Crippen LogP contribution < -0.4 is 11.1 Å². The summed E-state index contributed by atoms with van der Waals surface area (Å²) in [6, 6.07) is 0. The van der Waals surface area contributed by atoms with Crippen molar-refractivity contribution >= 4 is 11.9 Å². The fraction of sp³-hybridized carbons (Fsp3) is 0.833. The van der Waals surface area contributed by atoms with Crippen molar-refractivity contribution in [2.24, 2.45) is 17.1 Å². The van der Waals surface area contributed by atoms with Crippen LogP contribution in [0.5, 0.6) is 0 Å². The van der Waals surface area contributed by atoms with Gasteiger partial charge in [-0.05, 0) is 39.0 Å². The first-order valence-corrected chi connectivity index (χ1v) is 6.06. The summed E-state index contributed by atoms with van der Waals surface area (Å²) >= 11 is 0. The third-order valence-electron chi connectivity index (χ3n) is 3.99. The topological polar surface area (TPSA) is 92.4 Å². The minimum absolute atomic E-state index is 0.0443. The molecule has 1 fully saturated rings. The standard InChI is InChI=1S/C12H22N2O3/c1-4-11(2,7-13)9(15)14-12(3,10(16)17)8-5-6-8/h8H,4-7,13H2,1-3H3,(H,14,15)(H,16,17). The summed E-state index contributed by atoms with van der Waals surface area (Å²) in [5.41, 5.74) is 3.76. The van der Waals surface area contributed by atoms with E-state index in [1.165, 1.54) is 0 Å². The normalized spacial score (nSPS) is 22.4. The number of carbonyl (C=O) groups excluding carboxylic acids is 1. The highest BCUT2D eigenvalue weighted by Crippen LogP contribution is 2.40. The monoisotopic (exact) mass is 242 g/mol. The molecule has 0 bridgehead atoms. The maximum absolute atomic E-state index is 12.1.